The summed E-state index contributed by atoms with van der Waals surface area (Å²) < 4.78 is 10.9. The van der Waals surface area contributed by atoms with Crippen LogP contribution in [0, 0.1) is 0 Å². The van der Waals surface area contributed by atoms with Gasteiger partial charge in [-0.1, -0.05) is 30.3 Å². The van der Waals surface area contributed by atoms with Gasteiger partial charge in [0.25, 0.3) is 5.91 Å². The fraction of sp³-hybridized carbons (Fsp3) is 0.350. The van der Waals surface area contributed by atoms with Gasteiger partial charge in [0.1, 0.15) is 0 Å². The van der Waals surface area contributed by atoms with Crippen LogP contribution in [0.25, 0.3) is 0 Å². The van der Waals surface area contributed by atoms with Crippen LogP contribution in [0.1, 0.15) is 6.92 Å². The maximum absolute atomic E-state index is 12.5. The Morgan fingerprint density at radius 2 is 1.72 bits per heavy atom. The second-order valence-corrected chi connectivity index (χ2v) is 6.16. The van der Waals surface area contributed by atoms with Crippen LogP contribution in [0.5, 0.6) is 11.5 Å². The van der Waals surface area contributed by atoms with Gasteiger partial charge in [-0.2, -0.15) is 0 Å². The van der Waals surface area contributed by atoms with E-state index in [1.54, 1.807) is 7.11 Å². The number of nitrogens with zero attached hydrogens (tertiary/aromatic N) is 2. The van der Waals surface area contributed by atoms with Crippen molar-refractivity contribution in [1.29, 1.82) is 0 Å². The van der Waals surface area contributed by atoms with Gasteiger partial charge in [-0.25, -0.2) is 0 Å². The van der Waals surface area contributed by atoms with Gasteiger partial charge in [-0.3, -0.25) is 4.79 Å². The van der Waals surface area contributed by atoms with Crippen molar-refractivity contribution in [2.45, 2.75) is 13.0 Å². The van der Waals surface area contributed by atoms with Crippen molar-refractivity contribution < 1.29 is 14.3 Å². The highest BCUT2D eigenvalue weighted by Crippen LogP contribution is 2.26. The van der Waals surface area contributed by atoms with Crippen molar-refractivity contribution in [2.24, 2.45) is 0 Å². The van der Waals surface area contributed by atoms with Gasteiger partial charge in [0.15, 0.2) is 18.1 Å². The first-order chi connectivity index (χ1) is 12.2. The molecule has 1 aliphatic rings. The number of rotatable bonds is 5. The van der Waals surface area contributed by atoms with Gasteiger partial charge in [-0.15, -0.1) is 0 Å². The molecule has 0 radical (unpaired) electrons. The molecule has 2 aromatic rings. The van der Waals surface area contributed by atoms with Crippen molar-refractivity contribution >= 4 is 11.6 Å². The van der Waals surface area contributed by atoms with Gasteiger partial charge in [0.2, 0.25) is 0 Å². The van der Waals surface area contributed by atoms with E-state index in [0.29, 0.717) is 24.6 Å². The molecule has 1 heterocycles. The molecule has 0 spiro atoms. The summed E-state index contributed by atoms with van der Waals surface area (Å²) in [6.07, 6.45) is 0. The Morgan fingerprint density at radius 1 is 1.04 bits per heavy atom. The summed E-state index contributed by atoms with van der Waals surface area (Å²) in [7, 11) is 1.59. The molecule has 1 amide bonds. The predicted molar refractivity (Wildman–Crippen MR) is 98.3 cm³/mol. The Morgan fingerprint density at radius 3 is 2.40 bits per heavy atom. The molecule has 132 valence electrons. The first-order valence-corrected chi connectivity index (χ1v) is 8.54. The normalized spacial score (nSPS) is 17.3. The van der Waals surface area contributed by atoms with Crippen molar-refractivity contribution in [3.8, 4) is 11.5 Å². The number of methoxy groups -OCH3 is 1. The molecule has 3 rings (SSSR count). The van der Waals surface area contributed by atoms with Crippen LogP contribution >= 0.6 is 0 Å². The molecular weight excluding hydrogens is 316 g/mol. The third-order valence-electron chi connectivity index (χ3n) is 4.49. The van der Waals surface area contributed by atoms with E-state index in [9.17, 15) is 4.79 Å². The van der Waals surface area contributed by atoms with E-state index >= 15 is 0 Å². The quantitative estimate of drug-likeness (QED) is 0.839. The molecular formula is C20H24N2O3. The topological polar surface area (TPSA) is 42.0 Å². The van der Waals surface area contributed by atoms with E-state index in [0.717, 1.165) is 6.54 Å². The number of hydrogen-bond donors (Lipinski definition) is 0. The van der Waals surface area contributed by atoms with E-state index in [2.05, 4.69) is 24.0 Å². The summed E-state index contributed by atoms with van der Waals surface area (Å²) in [6.45, 7) is 4.40. The first-order valence-electron chi connectivity index (χ1n) is 8.54. The molecule has 0 aliphatic carbocycles. The highest BCUT2D eigenvalue weighted by Gasteiger charge is 2.27. The summed E-state index contributed by atoms with van der Waals surface area (Å²) in [5.74, 6) is 1.23. The Bertz CT molecular complexity index is 705. The smallest absolute Gasteiger partial charge is 0.260 e. The Labute approximate surface area is 148 Å². The minimum Gasteiger partial charge on any atom is -0.493 e. The van der Waals surface area contributed by atoms with Crippen LogP contribution in [0.15, 0.2) is 54.6 Å². The zero-order valence-electron chi connectivity index (χ0n) is 14.7. The highest BCUT2D eigenvalue weighted by molar-refractivity contribution is 5.78. The zero-order valence-corrected chi connectivity index (χ0v) is 14.7. The molecule has 0 N–H and O–H groups in total. The molecule has 0 saturated carbocycles. The molecule has 1 atom stereocenters. The van der Waals surface area contributed by atoms with Gasteiger partial charge < -0.3 is 19.3 Å². The third kappa shape index (κ3) is 4.05. The van der Waals surface area contributed by atoms with E-state index < -0.39 is 0 Å². The predicted octanol–water partition coefficient (Wildman–Crippen LogP) is 2.81. The van der Waals surface area contributed by atoms with Crippen LogP contribution in [-0.2, 0) is 4.79 Å². The van der Waals surface area contributed by atoms with E-state index in [1.165, 1.54) is 5.69 Å². The molecule has 0 aromatic heterocycles. The second-order valence-electron chi connectivity index (χ2n) is 6.16. The minimum atomic E-state index is 0.00506. The monoisotopic (exact) mass is 340 g/mol. The average Bonchev–Trinajstić information content (AvgIpc) is 2.67. The van der Waals surface area contributed by atoms with Crippen LogP contribution in [0.2, 0.25) is 0 Å². The Kier molecular flexibility index (Phi) is 5.43. The minimum absolute atomic E-state index is 0.00506. The average molecular weight is 340 g/mol. The summed E-state index contributed by atoms with van der Waals surface area (Å²) in [5.41, 5.74) is 1.20. The molecule has 25 heavy (non-hydrogen) atoms. The van der Waals surface area contributed by atoms with Gasteiger partial charge in [0.05, 0.1) is 7.11 Å². The zero-order chi connectivity index (χ0) is 17.6. The van der Waals surface area contributed by atoms with E-state index in [-0.39, 0.29) is 18.6 Å². The maximum atomic E-state index is 12.5. The fourth-order valence-corrected chi connectivity index (χ4v) is 3.16. The second kappa shape index (κ2) is 7.92. The van der Waals surface area contributed by atoms with E-state index in [1.807, 2.05) is 47.4 Å². The molecule has 0 bridgehead atoms. The van der Waals surface area contributed by atoms with Crippen LogP contribution in [0.4, 0.5) is 5.69 Å². The van der Waals surface area contributed by atoms with Gasteiger partial charge in [0, 0.05) is 31.4 Å². The molecule has 1 unspecified atom stereocenters. The Balaban J connectivity index is 1.56. The summed E-state index contributed by atoms with van der Waals surface area (Å²) in [6, 6.07) is 18.0. The summed E-state index contributed by atoms with van der Waals surface area (Å²) in [4.78, 5) is 16.7. The summed E-state index contributed by atoms with van der Waals surface area (Å²) >= 11 is 0. The largest absolute Gasteiger partial charge is 0.493 e. The lowest BCUT2D eigenvalue weighted by atomic mass is 10.1. The molecule has 1 saturated heterocycles. The van der Waals surface area contributed by atoms with Crippen molar-refractivity contribution in [3.63, 3.8) is 0 Å². The Hall–Kier alpha value is -2.69. The molecule has 2 aromatic carbocycles. The first kappa shape index (κ1) is 17.1. The van der Waals surface area contributed by atoms with Crippen LogP contribution in [-0.4, -0.2) is 50.2 Å². The molecule has 1 aliphatic heterocycles. The number of benzene rings is 2. The van der Waals surface area contributed by atoms with E-state index in [4.69, 9.17) is 9.47 Å². The third-order valence-corrected chi connectivity index (χ3v) is 4.49. The van der Waals surface area contributed by atoms with Crippen LogP contribution < -0.4 is 14.4 Å². The highest BCUT2D eigenvalue weighted by atomic mass is 16.5. The van der Waals surface area contributed by atoms with Crippen LogP contribution in [0.3, 0.4) is 0 Å². The number of carbonyl (C=O) groups excluding carboxylic acids is 1. The lowest BCUT2D eigenvalue weighted by Crippen LogP contribution is -2.54. The fourth-order valence-electron chi connectivity index (χ4n) is 3.16. The maximum Gasteiger partial charge on any atom is 0.260 e. The standard InChI is InChI=1S/C20H24N2O3/c1-16-14-21(12-13-22(16)17-8-4-3-5-9-17)20(23)15-25-19-11-7-6-10-18(19)24-2/h3-11,16H,12-15H2,1-2H3. The number of para-hydroxylation sites is 3. The number of anilines is 1. The van der Waals surface area contributed by atoms with Gasteiger partial charge in [-0.05, 0) is 31.2 Å². The number of piperazine rings is 1. The van der Waals surface area contributed by atoms with Crippen molar-refractivity contribution in [1.82, 2.24) is 4.90 Å². The van der Waals surface area contributed by atoms with Gasteiger partial charge >= 0.3 is 0 Å². The van der Waals surface area contributed by atoms with Crippen molar-refractivity contribution in [3.05, 3.63) is 54.6 Å². The lowest BCUT2D eigenvalue weighted by Gasteiger charge is -2.41. The molecule has 5 nitrogen and oxygen atoms in total. The molecule has 5 heteroatoms. The number of amides is 1. The lowest BCUT2D eigenvalue weighted by molar-refractivity contribution is -0.134. The van der Waals surface area contributed by atoms with Crippen molar-refractivity contribution in [2.75, 3.05) is 38.3 Å². The SMILES string of the molecule is COc1ccccc1OCC(=O)N1CCN(c2ccccc2)C(C)C1. The number of ether oxygens (including phenoxy) is 2. The number of hydrogen-bond acceptors (Lipinski definition) is 4. The molecule has 1 fully saturated rings. The summed E-state index contributed by atoms with van der Waals surface area (Å²) in [5, 5.41) is 0. The number of carbonyl (C=O) groups is 1.